The van der Waals surface area contributed by atoms with Gasteiger partial charge in [0.05, 0.1) is 11.5 Å². The van der Waals surface area contributed by atoms with Crippen molar-refractivity contribution >= 4 is 21.4 Å². The van der Waals surface area contributed by atoms with Gasteiger partial charge in [0.1, 0.15) is 0 Å². The number of carbonyl (C=O) groups is 1. The standard InChI is InChI=1S/C16H24N2O3S/c1-11-8-12(2)16(13(3)9-11)17-6-4-15(19)18-14-5-7-22(20,21)10-14/h8-9,14,17H,4-7,10H2,1-3H3,(H,18,19). The van der Waals surface area contributed by atoms with Gasteiger partial charge in [-0.1, -0.05) is 17.7 Å². The third-order valence-corrected chi connectivity index (χ3v) is 5.70. The molecule has 6 heteroatoms. The van der Waals surface area contributed by atoms with Crippen molar-refractivity contribution in [1.82, 2.24) is 5.32 Å². The van der Waals surface area contributed by atoms with Gasteiger partial charge in [0.25, 0.3) is 0 Å². The maximum Gasteiger partial charge on any atom is 0.222 e. The first-order chi connectivity index (χ1) is 10.3. The number of nitrogens with one attached hydrogen (secondary N) is 2. The minimum Gasteiger partial charge on any atom is -0.384 e. The number of benzene rings is 1. The van der Waals surface area contributed by atoms with Gasteiger partial charge >= 0.3 is 0 Å². The van der Waals surface area contributed by atoms with Crippen molar-refractivity contribution in [2.45, 2.75) is 39.7 Å². The summed E-state index contributed by atoms with van der Waals surface area (Å²) in [4.78, 5) is 11.9. The summed E-state index contributed by atoms with van der Waals surface area (Å²) < 4.78 is 22.7. The molecule has 1 aliphatic heterocycles. The Morgan fingerprint density at radius 2 is 1.86 bits per heavy atom. The fourth-order valence-electron chi connectivity index (χ4n) is 2.97. The highest BCUT2D eigenvalue weighted by molar-refractivity contribution is 7.91. The van der Waals surface area contributed by atoms with Crippen LogP contribution in [-0.2, 0) is 14.6 Å². The van der Waals surface area contributed by atoms with Crippen molar-refractivity contribution in [1.29, 1.82) is 0 Å². The van der Waals surface area contributed by atoms with E-state index in [0.29, 0.717) is 19.4 Å². The van der Waals surface area contributed by atoms with Crippen molar-refractivity contribution in [2.75, 3.05) is 23.4 Å². The van der Waals surface area contributed by atoms with Crippen LogP contribution in [-0.4, -0.2) is 38.4 Å². The van der Waals surface area contributed by atoms with E-state index < -0.39 is 9.84 Å². The average Bonchev–Trinajstić information content (AvgIpc) is 2.71. The largest absolute Gasteiger partial charge is 0.384 e. The second-order valence-electron chi connectivity index (χ2n) is 6.12. The van der Waals surface area contributed by atoms with Gasteiger partial charge in [-0.25, -0.2) is 8.42 Å². The SMILES string of the molecule is Cc1cc(C)c(NCCC(=O)NC2CCS(=O)(=O)C2)c(C)c1. The first kappa shape index (κ1) is 16.8. The molecule has 0 spiro atoms. The summed E-state index contributed by atoms with van der Waals surface area (Å²) in [5.74, 6) is 0.150. The van der Waals surface area contributed by atoms with Crippen molar-refractivity contribution < 1.29 is 13.2 Å². The molecule has 5 nitrogen and oxygen atoms in total. The van der Waals surface area contributed by atoms with Crippen molar-refractivity contribution in [3.05, 3.63) is 28.8 Å². The molecule has 2 rings (SSSR count). The number of hydrogen-bond donors (Lipinski definition) is 2. The zero-order chi connectivity index (χ0) is 16.3. The number of amides is 1. The molecular weight excluding hydrogens is 300 g/mol. The van der Waals surface area contributed by atoms with Gasteiger partial charge in [-0.2, -0.15) is 0 Å². The van der Waals surface area contributed by atoms with Crippen molar-refractivity contribution in [3.8, 4) is 0 Å². The first-order valence-corrected chi connectivity index (χ1v) is 9.40. The third-order valence-electron chi connectivity index (χ3n) is 3.93. The monoisotopic (exact) mass is 324 g/mol. The van der Waals surface area contributed by atoms with Gasteiger partial charge in [0.2, 0.25) is 5.91 Å². The highest BCUT2D eigenvalue weighted by Gasteiger charge is 2.28. The van der Waals surface area contributed by atoms with Gasteiger partial charge in [-0.3, -0.25) is 4.79 Å². The van der Waals surface area contributed by atoms with E-state index in [0.717, 1.165) is 5.69 Å². The quantitative estimate of drug-likeness (QED) is 0.865. The minimum atomic E-state index is -2.95. The highest BCUT2D eigenvalue weighted by atomic mass is 32.2. The van der Waals surface area contributed by atoms with Gasteiger partial charge in [0, 0.05) is 24.7 Å². The van der Waals surface area contributed by atoms with Crippen LogP contribution in [0.2, 0.25) is 0 Å². The molecule has 122 valence electrons. The molecule has 2 N–H and O–H groups in total. The van der Waals surface area contributed by atoms with Crippen molar-refractivity contribution in [3.63, 3.8) is 0 Å². The fourth-order valence-corrected chi connectivity index (χ4v) is 4.64. The summed E-state index contributed by atoms with van der Waals surface area (Å²) >= 11 is 0. The lowest BCUT2D eigenvalue weighted by atomic mass is 10.1. The summed E-state index contributed by atoms with van der Waals surface area (Å²) in [5, 5.41) is 6.10. The summed E-state index contributed by atoms with van der Waals surface area (Å²) in [6.07, 6.45) is 0.862. The molecule has 0 aromatic heterocycles. The molecular formula is C16H24N2O3S. The molecule has 22 heavy (non-hydrogen) atoms. The van der Waals surface area contributed by atoms with Crippen LogP contribution in [0.1, 0.15) is 29.5 Å². The Labute approximate surface area is 132 Å². The normalized spacial score (nSPS) is 19.9. The molecule has 1 aromatic carbocycles. The molecule has 1 amide bonds. The van der Waals surface area contributed by atoms with E-state index in [1.165, 1.54) is 16.7 Å². The minimum absolute atomic E-state index is 0.0718. The predicted octanol–water partition coefficient (Wildman–Crippen LogP) is 1.72. The zero-order valence-electron chi connectivity index (χ0n) is 13.4. The Bertz CT molecular complexity index is 645. The number of aryl methyl sites for hydroxylation is 3. The van der Waals surface area contributed by atoms with E-state index in [-0.39, 0.29) is 23.5 Å². The molecule has 1 saturated heterocycles. The van der Waals surface area contributed by atoms with Crippen LogP contribution in [0.5, 0.6) is 0 Å². The number of sulfone groups is 1. The molecule has 1 unspecified atom stereocenters. The Balaban J connectivity index is 1.80. The molecule has 1 aliphatic rings. The lowest BCUT2D eigenvalue weighted by Crippen LogP contribution is -2.36. The molecule has 0 aliphatic carbocycles. The van der Waals surface area contributed by atoms with E-state index in [1.54, 1.807) is 0 Å². The average molecular weight is 324 g/mol. The van der Waals surface area contributed by atoms with Gasteiger partial charge < -0.3 is 10.6 Å². The Morgan fingerprint density at radius 3 is 2.41 bits per heavy atom. The predicted molar refractivity (Wildman–Crippen MR) is 89.0 cm³/mol. The second-order valence-corrected chi connectivity index (χ2v) is 8.35. The van der Waals surface area contributed by atoms with E-state index in [9.17, 15) is 13.2 Å². The summed E-state index contributed by atoms with van der Waals surface area (Å²) in [5.41, 5.74) is 4.63. The van der Waals surface area contributed by atoms with Crippen LogP contribution >= 0.6 is 0 Å². The van der Waals surface area contributed by atoms with Crippen LogP contribution in [0.25, 0.3) is 0 Å². The second kappa shape index (κ2) is 6.69. The maximum absolute atomic E-state index is 11.9. The lowest BCUT2D eigenvalue weighted by molar-refractivity contribution is -0.121. The van der Waals surface area contributed by atoms with E-state index in [4.69, 9.17) is 0 Å². The van der Waals surface area contributed by atoms with Crippen molar-refractivity contribution in [2.24, 2.45) is 0 Å². The molecule has 1 heterocycles. The summed E-state index contributed by atoms with van der Waals surface area (Å²) in [7, 11) is -2.95. The number of anilines is 1. The first-order valence-electron chi connectivity index (χ1n) is 7.58. The molecule has 1 fully saturated rings. The van der Waals surface area contributed by atoms with Crippen LogP contribution in [0.4, 0.5) is 5.69 Å². The lowest BCUT2D eigenvalue weighted by Gasteiger charge is -2.15. The maximum atomic E-state index is 11.9. The number of rotatable bonds is 5. The van der Waals surface area contributed by atoms with E-state index in [2.05, 4.69) is 29.7 Å². The van der Waals surface area contributed by atoms with Crippen LogP contribution in [0.3, 0.4) is 0 Å². The molecule has 0 bridgehead atoms. The Kier molecular flexibility index (Phi) is 5.11. The van der Waals surface area contributed by atoms with Gasteiger partial charge in [0.15, 0.2) is 9.84 Å². The van der Waals surface area contributed by atoms with Crippen LogP contribution < -0.4 is 10.6 Å². The Hall–Kier alpha value is -1.56. The number of carbonyl (C=O) groups excluding carboxylic acids is 1. The van der Waals surface area contributed by atoms with Crippen LogP contribution in [0.15, 0.2) is 12.1 Å². The molecule has 1 aromatic rings. The van der Waals surface area contributed by atoms with Gasteiger partial charge in [-0.05, 0) is 38.3 Å². The smallest absolute Gasteiger partial charge is 0.222 e. The van der Waals surface area contributed by atoms with Crippen LogP contribution in [0, 0.1) is 20.8 Å². The fraction of sp³-hybridized carbons (Fsp3) is 0.562. The highest BCUT2D eigenvalue weighted by Crippen LogP contribution is 2.21. The molecule has 1 atom stereocenters. The Morgan fingerprint density at radius 1 is 1.23 bits per heavy atom. The summed E-state index contributed by atoms with van der Waals surface area (Å²) in [6.45, 7) is 6.69. The molecule has 0 saturated carbocycles. The van der Waals surface area contributed by atoms with E-state index in [1.807, 2.05) is 13.8 Å². The van der Waals surface area contributed by atoms with Gasteiger partial charge in [-0.15, -0.1) is 0 Å². The van der Waals surface area contributed by atoms with E-state index >= 15 is 0 Å². The molecule has 0 radical (unpaired) electrons. The third kappa shape index (κ3) is 4.47. The topological polar surface area (TPSA) is 75.3 Å². The summed E-state index contributed by atoms with van der Waals surface area (Å²) in [6, 6.07) is 4.00. The number of hydrogen-bond acceptors (Lipinski definition) is 4. The zero-order valence-corrected chi connectivity index (χ0v) is 14.2.